The van der Waals surface area contributed by atoms with Gasteiger partial charge in [0.1, 0.15) is 13.2 Å². The second-order valence-corrected chi connectivity index (χ2v) is 24.9. The third kappa shape index (κ3) is 68.2. The maximum Gasteiger partial charge on any atom is 0.306 e. The van der Waals surface area contributed by atoms with Crippen LogP contribution in [0, 0.1) is 0 Å². The minimum absolute atomic E-state index is 0.0697. The third-order valence-corrected chi connectivity index (χ3v) is 16.6. The molecule has 1 unspecified atom stereocenters. The molecule has 1 atom stereocenters. The number of allylic oxidation sites excluding steroid dienone is 8. The standard InChI is InChI=1S/C76H140O6/c1-4-7-10-13-16-19-22-25-27-29-31-32-33-34-35-36-37-38-39-40-41-42-43-44-45-47-48-51-54-57-60-63-66-69-75(78)81-72-73(71-80-74(77)68-65-62-59-56-53-50-24-21-18-15-12-9-6-3)82-76(79)70-67-64-61-58-55-52-49-46-30-28-26-23-20-17-14-11-8-5-2/h21-22,24-25,29,31,33-34,73H,4-20,23,26-28,30,32,35-72H2,1-3H3/b24-21-,25-22-,31-29-,34-33-. The van der Waals surface area contributed by atoms with Gasteiger partial charge in [0.2, 0.25) is 0 Å². The highest BCUT2D eigenvalue weighted by molar-refractivity contribution is 5.71. The summed E-state index contributed by atoms with van der Waals surface area (Å²) in [7, 11) is 0. The summed E-state index contributed by atoms with van der Waals surface area (Å²) in [4.78, 5) is 38.4. The van der Waals surface area contributed by atoms with E-state index in [1.807, 2.05) is 0 Å². The van der Waals surface area contributed by atoms with Crippen molar-refractivity contribution in [1.29, 1.82) is 0 Å². The Labute approximate surface area is 511 Å². The maximum atomic E-state index is 12.9. The quantitative estimate of drug-likeness (QED) is 0.0261. The van der Waals surface area contributed by atoms with E-state index < -0.39 is 6.10 Å². The Morgan fingerprint density at radius 2 is 0.439 bits per heavy atom. The molecule has 0 N–H and O–H groups in total. The number of esters is 3. The summed E-state index contributed by atoms with van der Waals surface area (Å²) in [6.07, 6.45) is 90.1. The van der Waals surface area contributed by atoms with Crippen molar-refractivity contribution < 1.29 is 28.6 Å². The van der Waals surface area contributed by atoms with Gasteiger partial charge in [0.05, 0.1) is 0 Å². The third-order valence-electron chi connectivity index (χ3n) is 16.6. The Balaban J connectivity index is 4.13. The van der Waals surface area contributed by atoms with E-state index in [0.717, 1.165) is 77.0 Å². The van der Waals surface area contributed by atoms with Crippen LogP contribution in [0.25, 0.3) is 0 Å². The van der Waals surface area contributed by atoms with Crippen molar-refractivity contribution >= 4 is 17.9 Å². The van der Waals surface area contributed by atoms with Gasteiger partial charge in [-0.05, 0) is 83.5 Å². The molecule has 0 amide bonds. The molecule has 6 heteroatoms. The molecule has 0 bridgehead atoms. The van der Waals surface area contributed by atoms with E-state index >= 15 is 0 Å². The number of carbonyl (C=O) groups excluding carboxylic acids is 3. The average Bonchev–Trinajstić information content (AvgIpc) is 3.47. The lowest BCUT2D eigenvalue weighted by Crippen LogP contribution is -2.30. The van der Waals surface area contributed by atoms with E-state index in [0.29, 0.717) is 19.3 Å². The molecule has 0 saturated carbocycles. The molecule has 0 aliphatic rings. The molecule has 0 heterocycles. The Morgan fingerprint density at radius 3 is 0.707 bits per heavy atom. The van der Waals surface area contributed by atoms with Crippen LogP contribution in [0.4, 0.5) is 0 Å². The van der Waals surface area contributed by atoms with Gasteiger partial charge in [-0.25, -0.2) is 0 Å². The van der Waals surface area contributed by atoms with Crippen LogP contribution in [-0.4, -0.2) is 37.2 Å². The van der Waals surface area contributed by atoms with E-state index in [-0.39, 0.29) is 31.1 Å². The summed E-state index contributed by atoms with van der Waals surface area (Å²) >= 11 is 0. The highest BCUT2D eigenvalue weighted by Crippen LogP contribution is 2.19. The zero-order chi connectivity index (χ0) is 59.2. The first-order valence-electron chi connectivity index (χ1n) is 36.6. The topological polar surface area (TPSA) is 78.9 Å². The van der Waals surface area contributed by atoms with E-state index in [1.54, 1.807) is 0 Å². The van der Waals surface area contributed by atoms with E-state index in [9.17, 15) is 14.4 Å². The average molecular weight is 1150 g/mol. The molecule has 0 radical (unpaired) electrons. The highest BCUT2D eigenvalue weighted by Gasteiger charge is 2.19. The first kappa shape index (κ1) is 79.4. The molecule has 0 aliphatic carbocycles. The maximum absolute atomic E-state index is 12.9. The zero-order valence-corrected chi connectivity index (χ0v) is 55.3. The molecule has 480 valence electrons. The van der Waals surface area contributed by atoms with Crippen LogP contribution in [0.1, 0.15) is 400 Å². The van der Waals surface area contributed by atoms with E-state index in [4.69, 9.17) is 14.2 Å². The second-order valence-electron chi connectivity index (χ2n) is 24.9. The fourth-order valence-corrected chi connectivity index (χ4v) is 11.0. The molecule has 6 nitrogen and oxygen atoms in total. The lowest BCUT2D eigenvalue weighted by Gasteiger charge is -2.18. The molecule has 0 aromatic heterocycles. The van der Waals surface area contributed by atoms with Crippen LogP contribution < -0.4 is 0 Å². The fourth-order valence-electron chi connectivity index (χ4n) is 11.0. The summed E-state index contributed by atoms with van der Waals surface area (Å²) in [6.45, 7) is 6.68. The first-order chi connectivity index (χ1) is 40.5. The lowest BCUT2D eigenvalue weighted by molar-refractivity contribution is -0.167. The van der Waals surface area contributed by atoms with Gasteiger partial charge in [0, 0.05) is 19.3 Å². The van der Waals surface area contributed by atoms with Crippen LogP contribution in [-0.2, 0) is 28.6 Å². The lowest BCUT2D eigenvalue weighted by atomic mass is 10.0. The fraction of sp³-hybridized carbons (Fsp3) is 0.855. The zero-order valence-electron chi connectivity index (χ0n) is 55.3. The summed E-state index contributed by atoms with van der Waals surface area (Å²) in [5.74, 6) is -0.850. The monoisotopic (exact) mass is 1150 g/mol. The van der Waals surface area contributed by atoms with Crippen molar-refractivity contribution in [3.05, 3.63) is 48.6 Å². The molecule has 0 spiro atoms. The van der Waals surface area contributed by atoms with Crippen molar-refractivity contribution in [1.82, 2.24) is 0 Å². The number of hydrogen-bond acceptors (Lipinski definition) is 6. The predicted molar refractivity (Wildman–Crippen MR) is 358 cm³/mol. The molecule has 0 rings (SSSR count). The van der Waals surface area contributed by atoms with Crippen LogP contribution in [0.2, 0.25) is 0 Å². The van der Waals surface area contributed by atoms with Crippen LogP contribution in [0.15, 0.2) is 48.6 Å². The minimum Gasteiger partial charge on any atom is -0.462 e. The highest BCUT2D eigenvalue weighted by atomic mass is 16.6. The van der Waals surface area contributed by atoms with Gasteiger partial charge in [0.25, 0.3) is 0 Å². The predicted octanol–water partition coefficient (Wildman–Crippen LogP) is 25.3. The van der Waals surface area contributed by atoms with Gasteiger partial charge in [-0.15, -0.1) is 0 Å². The van der Waals surface area contributed by atoms with Gasteiger partial charge < -0.3 is 14.2 Å². The van der Waals surface area contributed by atoms with Gasteiger partial charge in [-0.3, -0.25) is 14.4 Å². The molecular formula is C76H140O6. The molecule has 0 saturated heterocycles. The van der Waals surface area contributed by atoms with Crippen LogP contribution in [0.5, 0.6) is 0 Å². The number of ether oxygens (including phenoxy) is 3. The van der Waals surface area contributed by atoms with Crippen LogP contribution >= 0.6 is 0 Å². The van der Waals surface area contributed by atoms with Crippen molar-refractivity contribution in [3.63, 3.8) is 0 Å². The first-order valence-corrected chi connectivity index (χ1v) is 36.6. The largest absolute Gasteiger partial charge is 0.462 e. The Kier molecular flexibility index (Phi) is 68.6. The summed E-state index contributed by atoms with van der Waals surface area (Å²) in [5.41, 5.74) is 0. The molecule has 0 fully saturated rings. The molecule has 0 aromatic carbocycles. The number of carbonyl (C=O) groups is 3. The summed E-state index contributed by atoms with van der Waals surface area (Å²) in [6, 6.07) is 0. The van der Waals surface area contributed by atoms with Gasteiger partial charge in [-0.2, -0.15) is 0 Å². The number of rotatable bonds is 68. The summed E-state index contributed by atoms with van der Waals surface area (Å²) < 4.78 is 17.0. The van der Waals surface area contributed by atoms with Gasteiger partial charge in [-0.1, -0.05) is 345 Å². The summed E-state index contributed by atoms with van der Waals surface area (Å²) in [5, 5.41) is 0. The Morgan fingerprint density at radius 1 is 0.244 bits per heavy atom. The van der Waals surface area contributed by atoms with Crippen molar-refractivity contribution in [2.24, 2.45) is 0 Å². The van der Waals surface area contributed by atoms with Crippen LogP contribution in [0.3, 0.4) is 0 Å². The normalized spacial score (nSPS) is 12.3. The van der Waals surface area contributed by atoms with Crippen molar-refractivity contribution in [3.8, 4) is 0 Å². The number of hydrogen-bond donors (Lipinski definition) is 0. The van der Waals surface area contributed by atoms with E-state index in [1.165, 1.54) is 283 Å². The molecule has 0 aromatic rings. The Bertz CT molecular complexity index is 1410. The smallest absolute Gasteiger partial charge is 0.306 e. The molecule has 0 aliphatic heterocycles. The molecular weight excluding hydrogens is 1010 g/mol. The minimum atomic E-state index is -0.773. The van der Waals surface area contributed by atoms with E-state index in [2.05, 4.69) is 69.4 Å². The van der Waals surface area contributed by atoms with Gasteiger partial charge in [0.15, 0.2) is 6.10 Å². The molecule has 82 heavy (non-hydrogen) atoms. The Hall–Kier alpha value is -2.63. The number of unbranched alkanes of at least 4 members (excludes halogenated alkanes) is 49. The van der Waals surface area contributed by atoms with Crippen molar-refractivity contribution in [2.45, 2.75) is 406 Å². The van der Waals surface area contributed by atoms with Crippen molar-refractivity contribution in [2.75, 3.05) is 13.2 Å². The SMILES string of the molecule is CCCCCC/C=C\CCCCCCCC(=O)OCC(COC(=O)CCCCCCCCCCCCCCCCCCCC/C=C\C/C=C\C/C=C\CCCCCCC)OC(=O)CCCCCCCCCCCCCCCCCCCC. The van der Waals surface area contributed by atoms with Gasteiger partial charge >= 0.3 is 17.9 Å². The second kappa shape index (κ2) is 70.9.